The van der Waals surface area contributed by atoms with E-state index in [9.17, 15) is 14.2 Å². The number of carbonyl (C=O) groups is 2. The van der Waals surface area contributed by atoms with E-state index in [-0.39, 0.29) is 30.3 Å². The van der Waals surface area contributed by atoms with Crippen LogP contribution in [0.15, 0.2) is 54.7 Å². The zero-order valence-corrected chi connectivity index (χ0v) is 29.6. The van der Waals surface area contributed by atoms with E-state index in [2.05, 4.69) is 16.7 Å². The van der Waals surface area contributed by atoms with Gasteiger partial charge < -0.3 is 15.0 Å². The minimum Gasteiger partial charge on any atom is -0.485 e. The van der Waals surface area contributed by atoms with Crippen molar-refractivity contribution in [2.75, 3.05) is 13.2 Å². The SMILES string of the molecule is CC(C)(C)OP(=O)(OCCCCn1cc(C(=O)COc2cc3ccc(Cl)cc3cc2C(N)=O)c2ccc(C3CC3)cc21)OC(C)(C)C. The Labute approximate surface area is 281 Å². The van der Waals surface area contributed by atoms with Gasteiger partial charge in [-0.25, -0.2) is 4.57 Å². The molecule has 5 rings (SSSR count). The highest BCUT2D eigenvalue weighted by Crippen LogP contribution is 2.55. The number of aryl methyl sites for hydroxylation is 1. The number of fused-ring (bicyclic) bond motifs is 2. The number of rotatable bonds is 14. The Balaban J connectivity index is 1.31. The molecule has 0 spiro atoms. The van der Waals surface area contributed by atoms with Crippen LogP contribution >= 0.6 is 19.4 Å². The molecule has 3 aromatic carbocycles. The highest BCUT2D eigenvalue weighted by atomic mass is 35.5. The van der Waals surface area contributed by atoms with Crippen LogP contribution in [0.2, 0.25) is 5.02 Å². The number of benzene rings is 3. The molecule has 1 amide bonds. The van der Waals surface area contributed by atoms with Gasteiger partial charge in [0.1, 0.15) is 5.75 Å². The second-order valence-corrected chi connectivity index (χ2v) is 16.1. The molecular weight excluding hydrogens is 639 g/mol. The number of phosphoric acid groups is 1. The third kappa shape index (κ3) is 9.24. The molecule has 11 heteroatoms. The summed E-state index contributed by atoms with van der Waals surface area (Å²) in [5, 5.41) is 2.93. The van der Waals surface area contributed by atoms with Gasteiger partial charge in [0.15, 0.2) is 6.61 Å². The van der Waals surface area contributed by atoms with Gasteiger partial charge in [0.05, 0.1) is 23.4 Å². The molecule has 0 aliphatic heterocycles. The van der Waals surface area contributed by atoms with E-state index in [1.807, 2.05) is 18.3 Å². The van der Waals surface area contributed by atoms with Gasteiger partial charge in [-0.05, 0) is 120 Å². The summed E-state index contributed by atoms with van der Waals surface area (Å²) in [6, 6.07) is 14.9. The molecule has 0 bridgehead atoms. The number of hydrogen-bond acceptors (Lipinski definition) is 7. The zero-order chi connectivity index (χ0) is 34.1. The lowest BCUT2D eigenvalue weighted by Crippen LogP contribution is -2.24. The third-order valence-corrected chi connectivity index (χ3v) is 9.87. The van der Waals surface area contributed by atoms with E-state index in [0.717, 1.165) is 34.5 Å². The molecule has 1 fully saturated rings. The molecule has 4 aromatic rings. The quantitative estimate of drug-likeness (QED) is 0.0800. The first-order valence-corrected chi connectivity index (χ1v) is 17.8. The van der Waals surface area contributed by atoms with Gasteiger partial charge in [0.25, 0.3) is 5.91 Å². The van der Waals surface area contributed by atoms with Crippen LogP contribution in [0.5, 0.6) is 5.75 Å². The molecule has 0 radical (unpaired) electrons. The van der Waals surface area contributed by atoms with Gasteiger partial charge in [-0.2, -0.15) is 0 Å². The van der Waals surface area contributed by atoms with Gasteiger partial charge in [-0.1, -0.05) is 29.8 Å². The summed E-state index contributed by atoms with van der Waals surface area (Å²) in [5.74, 6) is -0.0895. The average molecular weight is 683 g/mol. The van der Waals surface area contributed by atoms with E-state index < -0.39 is 24.9 Å². The van der Waals surface area contributed by atoms with E-state index in [1.165, 1.54) is 5.56 Å². The first kappa shape index (κ1) is 35.1. The van der Waals surface area contributed by atoms with Crippen LogP contribution in [0, 0.1) is 0 Å². The van der Waals surface area contributed by atoms with Crippen LogP contribution in [-0.4, -0.2) is 40.7 Å². The van der Waals surface area contributed by atoms with Gasteiger partial charge >= 0.3 is 7.82 Å². The molecule has 1 heterocycles. The normalized spacial score (nSPS) is 14.2. The Morgan fingerprint density at radius 1 is 0.915 bits per heavy atom. The van der Waals surface area contributed by atoms with Gasteiger partial charge in [-0.15, -0.1) is 0 Å². The fourth-order valence-corrected chi connectivity index (χ4v) is 7.49. The molecule has 0 unspecified atom stereocenters. The van der Waals surface area contributed by atoms with E-state index >= 15 is 0 Å². The lowest BCUT2D eigenvalue weighted by molar-refractivity contribution is 0.00292. The lowest BCUT2D eigenvalue weighted by atomic mass is 10.0. The summed E-state index contributed by atoms with van der Waals surface area (Å²) in [4.78, 5) is 25.9. The van der Waals surface area contributed by atoms with Gasteiger partial charge in [-0.3, -0.25) is 23.2 Å². The number of nitrogens with two attached hydrogens (primary N) is 1. The van der Waals surface area contributed by atoms with Crippen LogP contribution in [0.1, 0.15) is 99.4 Å². The second kappa shape index (κ2) is 13.7. The van der Waals surface area contributed by atoms with E-state index in [1.54, 1.807) is 65.8 Å². The molecular formula is C36H44ClN2O7P. The molecule has 252 valence electrons. The Morgan fingerprint density at radius 2 is 1.62 bits per heavy atom. The van der Waals surface area contributed by atoms with Crippen molar-refractivity contribution in [2.45, 2.75) is 90.9 Å². The topological polar surface area (TPSA) is 119 Å². The Morgan fingerprint density at radius 3 is 2.26 bits per heavy atom. The maximum atomic E-state index is 13.6. The van der Waals surface area contributed by atoms with Crippen LogP contribution in [0.3, 0.4) is 0 Å². The molecule has 1 saturated carbocycles. The summed E-state index contributed by atoms with van der Waals surface area (Å²) in [7, 11) is -3.79. The van der Waals surface area contributed by atoms with Crippen LogP contribution in [0.4, 0.5) is 0 Å². The van der Waals surface area contributed by atoms with Crippen molar-refractivity contribution in [3.05, 3.63) is 76.4 Å². The minimum absolute atomic E-state index is 0.177. The maximum Gasteiger partial charge on any atom is 0.475 e. The second-order valence-electron chi connectivity index (χ2n) is 14.1. The number of amides is 1. The molecule has 2 N–H and O–H groups in total. The number of aromatic nitrogens is 1. The predicted molar refractivity (Wildman–Crippen MR) is 186 cm³/mol. The summed E-state index contributed by atoms with van der Waals surface area (Å²) in [5.41, 5.74) is 7.18. The summed E-state index contributed by atoms with van der Waals surface area (Å²) in [6.45, 7) is 11.4. The van der Waals surface area contributed by atoms with E-state index in [0.29, 0.717) is 35.9 Å². The minimum atomic E-state index is -3.79. The molecule has 1 aliphatic carbocycles. The lowest BCUT2D eigenvalue weighted by Gasteiger charge is -2.30. The van der Waals surface area contributed by atoms with Crippen molar-refractivity contribution in [1.29, 1.82) is 0 Å². The summed E-state index contributed by atoms with van der Waals surface area (Å²) < 4.78 is 38.6. The highest BCUT2D eigenvalue weighted by Gasteiger charge is 2.37. The molecule has 47 heavy (non-hydrogen) atoms. The Hall–Kier alpha value is -3.20. The van der Waals surface area contributed by atoms with Crippen LogP contribution in [-0.2, 0) is 24.7 Å². The number of phosphoric ester groups is 1. The number of hydrogen-bond donors (Lipinski definition) is 1. The molecule has 0 saturated heterocycles. The van der Waals surface area contributed by atoms with Crippen molar-refractivity contribution in [3.8, 4) is 5.75 Å². The Kier molecular flexibility index (Phi) is 10.3. The number of Topliss-reactive ketones (excluding diaryl/α,β-unsaturated/α-hetero) is 1. The number of unbranched alkanes of at least 4 members (excludes halogenated alkanes) is 1. The summed E-state index contributed by atoms with van der Waals surface area (Å²) in [6.07, 6.45) is 5.49. The standard InChI is InChI=1S/C36H44ClN2O7P/c1-35(2,3)45-47(42,46-36(4,5)6)44-16-8-7-15-39-21-30(28-14-12-24(19-31(28)39)23-9-10-23)32(40)22-43-33-20-25-11-13-27(37)17-26(25)18-29(33)34(38)41/h11-14,17-21,23H,7-10,15-16,22H2,1-6H3,(H2,38,41). The van der Waals surface area contributed by atoms with E-state index in [4.69, 9.17) is 35.6 Å². The van der Waals surface area contributed by atoms with Gasteiger partial charge in [0.2, 0.25) is 5.78 Å². The first-order chi connectivity index (χ1) is 22.0. The fourth-order valence-electron chi connectivity index (χ4n) is 5.47. The predicted octanol–water partition coefficient (Wildman–Crippen LogP) is 9.22. The molecule has 1 aromatic heterocycles. The average Bonchev–Trinajstić information content (AvgIpc) is 3.74. The van der Waals surface area contributed by atoms with Gasteiger partial charge in [0, 0.05) is 34.2 Å². The van der Waals surface area contributed by atoms with Crippen molar-refractivity contribution in [1.82, 2.24) is 4.57 Å². The molecule has 1 aliphatic rings. The van der Waals surface area contributed by atoms with Crippen molar-refractivity contribution >= 4 is 52.8 Å². The van der Waals surface area contributed by atoms with Crippen molar-refractivity contribution < 1.29 is 32.5 Å². The van der Waals surface area contributed by atoms with Crippen LogP contribution in [0.25, 0.3) is 21.7 Å². The first-order valence-electron chi connectivity index (χ1n) is 16.0. The third-order valence-electron chi connectivity index (χ3n) is 7.59. The summed E-state index contributed by atoms with van der Waals surface area (Å²) >= 11 is 6.13. The van der Waals surface area contributed by atoms with Crippen molar-refractivity contribution in [3.63, 3.8) is 0 Å². The number of halogens is 1. The van der Waals surface area contributed by atoms with Crippen LogP contribution < -0.4 is 10.5 Å². The number of ketones is 1. The molecule has 9 nitrogen and oxygen atoms in total. The Bertz CT molecular complexity index is 1830. The number of nitrogens with zero attached hydrogens (tertiary/aromatic N) is 1. The number of primary amides is 1. The van der Waals surface area contributed by atoms with Crippen molar-refractivity contribution in [2.24, 2.45) is 5.73 Å². The fraction of sp³-hybridized carbons (Fsp3) is 0.444. The zero-order valence-electron chi connectivity index (χ0n) is 27.9. The monoisotopic (exact) mass is 682 g/mol. The number of ether oxygens (including phenoxy) is 1. The maximum absolute atomic E-state index is 13.6. The smallest absolute Gasteiger partial charge is 0.475 e. The largest absolute Gasteiger partial charge is 0.485 e. The number of carbonyl (C=O) groups excluding carboxylic acids is 2. The molecule has 0 atom stereocenters. The highest BCUT2D eigenvalue weighted by molar-refractivity contribution is 7.48.